The zero-order chi connectivity index (χ0) is 15.4. The molecular weight excluding hydrogens is 282 g/mol. The van der Waals surface area contributed by atoms with Gasteiger partial charge in [-0.15, -0.1) is 0 Å². The van der Waals surface area contributed by atoms with Gasteiger partial charge in [0.2, 0.25) is 5.88 Å². The Hall–Kier alpha value is -1.68. The number of imidazole rings is 1. The van der Waals surface area contributed by atoms with Crippen LogP contribution in [0.25, 0.3) is 0 Å². The molecule has 4 N–H and O–H groups in total. The molecule has 0 aromatic carbocycles. The van der Waals surface area contributed by atoms with E-state index in [-0.39, 0.29) is 12.3 Å². The van der Waals surface area contributed by atoms with Gasteiger partial charge in [0, 0.05) is 0 Å². The van der Waals surface area contributed by atoms with Crippen LogP contribution in [-0.2, 0) is 14.2 Å². The molecule has 0 saturated carbocycles. The van der Waals surface area contributed by atoms with Gasteiger partial charge >= 0.3 is 0 Å². The second-order valence-electron chi connectivity index (χ2n) is 5.50. The van der Waals surface area contributed by atoms with Gasteiger partial charge in [-0.25, -0.2) is 4.98 Å². The van der Waals surface area contributed by atoms with E-state index in [1.807, 2.05) is 0 Å². The van der Waals surface area contributed by atoms with Gasteiger partial charge in [-0.05, 0) is 13.8 Å². The summed E-state index contributed by atoms with van der Waals surface area (Å²) in [6.45, 7) is 3.24. The number of nitrogens with two attached hydrogens (primary N) is 1. The summed E-state index contributed by atoms with van der Waals surface area (Å²) in [5, 5.41) is 19.4. The van der Waals surface area contributed by atoms with Crippen molar-refractivity contribution in [1.82, 2.24) is 9.55 Å². The van der Waals surface area contributed by atoms with Crippen LogP contribution in [0.2, 0.25) is 0 Å². The molecule has 21 heavy (non-hydrogen) atoms. The number of amides is 1. The Kier molecular flexibility index (Phi) is 3.17. The number of primary amides is 1. The molecule has 2 aliphatic heterocycles. The van der Waals surface area contributed by atoms with Crippen LogP contribution in [0.15, 0.2) is 6.33 Å². The summed E-state index contributed by atoms with van der Waals surface area (Å²) in [5.74, 6) is -2.07. The summed E-state index contributed by atoms with van der Waals surface area (Å²) >= 11 is 0. The van der Waals surface area contributed by atoms with E-state index in [1.165, 1.54) is 10.9 Å². The van der Waals surface area contributed by atoms with Crippen LogP contribution in [0.5, 0.6) is 5.88 Å². The third-order valence-corrected chi connectivity index (χ3v) is 3.58. The van der Waals surface area contributed by atoms with Crippen molar-refractivity contribution in [2.24, 2.45) is 5.73 Å². The number of carbonyl (C=O) groups excluding carboxylic acids is 1. The van der Waals surface area contributed by atoms with Crippen LogP contribution in [0.1, 0.15) is 30.6 Å². The molecule has 2 fully saturated rings. The molecule has 116 valence electrons. The first-order valence-electron chi connectivity index (χ1n) is 6.51. The first-order chi connectivity index (χ1) is 9.84. The Morgan fingerprint density at radius 3 is 2.71 bits per heavy atom. The Bertz CT molecular complexity index is 571. The molecule has 3 rings (SSSR count). The molecule has 3 heterocycles. The maximum absolute atomic E-state index is 11.2. The van der Waals surface area contributed by atoms with Crippen LogP contribution in [0, 0.1) is 0 Å². The topological polar surface area (TPSA) is 129 Å². The zero-order valence-electron chi connectivity index (χ0n) is 11.6. The molecule has 0 radical (unpaired) electrons. The second-order valence-corrected chi connectivity index (χ2v) is 5.50. The molecule has 1 amide bonds. The van der Waals surface area contributed by atoms with Crippen LogP contribution < -0.4 is 5.73 Å². The molecule has 0 spiro atoms. The van der Waals surface area contributed by atoms with Gasteiger partial charge in [0.1, 0.15) is 24.6 Å². The smallest absolute Gasteiger partial charge is 0.272 e. The predicted octanol–water partition coefficient (Wildman–Crippen LogP) is -0.903. The summed E-state index contributed by atoms with van der Waals surface area (Å²) < 4.78 is 18.4. The Morgan fingerprint density at radius 2 is 2.14 bits per heavy atom. The summed E-state index contributed by atoms with van der Waals surface area (Å²) in [5.41, 5.74) is 4.87. The Balaban J connectivity index is 1.94. The molecule has 9 heteroatoms. The van der Waals surface area contributed by atoms with Gasteiger partial charge < -0.3 is 30.2 Å². The van der Waals surface area contributed by atoms with E-state index >= 15 is 0 Å². The van der Waals surface area contributed by atoms with E-state index in [1.54, 1.807) is 13.8 Å². The number of nitrogens with zero attached hydrogens (tertiary/aromatic N) is 2. The van der Waals surface area contributed by atoms with Crippen molar-refractivity contribution in [1.29, 1.82) is 0 Å². The minimum Gasteiger partial charge on any atom is -0.493 e. The zero-order valence-corrected chi connectivity index (χ0v) is 11.6. The summed E-state index contributed by atoms with van der Waals surface area (Å²) in [6.07, 6.45) is -1.15. The Labute approximate surface area is 120 Å². The van der Waals surface area contributed by atoms with Crippen molar-refractivity contribution in [3.8, 4) is 5.88 Å². The predicted molar refractivity (Wildman–Crippen MR) is 67.2 cm³/mol. The SMILES string of the molecule is CC1(C)OC2[C@@H](O1)[C@H](n1cnc(C(N)=O)c1O)O[C@@H]2CO. The highest BCUT2D eigenvalue weighted by atomic mass is 16.8. The van der Waals surface area contributed by atoms with Gasteiger partial charge in [0.05, 0.1) is 6.61 Å². The molecule has 1 aromatic heterocycles. The van der Waals surface area contributed by atoms with Crippen molar-refractivity contribution < 1.29 is 29.2 Å². The third kappa shape index (κ3) is 2.18. The lowest BCUT2D eigenvalue weighted by molar-refractivity contribution is -0.200. The van der Waals surface area contributed by atoms with E-state index in [4.69, 9.17) is 19.9 Å². The van der Waals surface area contributed by atoms with Crippen molar-refractivity contribution in [2.75, 3.05) is 6.61 Å². The third-order valence-electron chi connectivity index (χ3n) is 3.58. The molecule has 0 aliphatic carbocycles. The van der Waals surface area contributed by atoms with E-state index in [0.717, 1.165) is 0 Å². The molecule has 2 aliphatic rings. The molecular formula is C12H17N3O6. The lowest BCUT2D eigenvalue weighted by Crippen LogP contribution is -2.31. The van der Waals surface area contributed by atoms with E-state index < -0.39 is 42.1 Å². The minimum atomic E-state index is -0.844. The van der Waals surface area contributed by atoms with Crippen molar-refractivity contribution in [3.63, 3.8) is 0 Å². The van der Waals surface area contributed by atoms with E-state index in [0.29, 0.717) is 0 Å². The number of rotatable bonds is 3. The van der Waals surface area contributed by atoms with E-state index in [9.17, 15) is 15.0 Å². The fourth-order valence-corrected chi connectivity index (χ4v) is 2.74. The number of aromatic nitrogens is 2. The van der Waals surface area contributed by atoms with Crippen molar-refractivity contribution in [3.05, 3.63) is 12.0 Å². The number of aliphatic hydroxyl groups is 1. The fraction of sp³-hybridized carbons (Fsp3) is 0.667. The number of carbonyl (C=O) groups is 1. The minimum absolute atomic E-state index is 0.249. The fourth-order valence-electron chi connectivity index (χ4n) is 2.74. The largest absolute Gasteiger partial charge is 0.493 e. The average molecular weight is 299 g/mol. The van der Waals surface area contributed by atoms with E-state index in [2.05, 4.69) is 4.98 Å². The molecule has 9 nitrogen and oxygen atoms in total. The highest BCUT2D eigenvalue weighted by molar-refractivity contribution is 5.92. The van der Waals surface area contributed by atoms with Crippen LogP contribution in [0.4, 0.5) is 0 Å². The number of aromatic hydroxyl groups is 1. The summed E-state index contributed by atoms with van der Waals surface area (Å²) in [7, 11) is 0. The number of aliphatic hydroxyl groups excluding tert-OH is 1. The van der Waals surface area contributed by atoms with Gasteiger partial charge in [-0.3, -0.25) is 9.36 Å². The van der Waals surface area contributed by atoms with Gasteiger partial charge in [-0.2, -0.15) is 0 Å². The number of hydrogen-bond donors (Lipinski definition) is 3. The van der Waals surface area contributed by atoms with Crippen LogP contribution in [0.3, 0.4) is 0 Å². The quantitative estimate of drug-likeness (QED) is 0.659. The Morgan fingerprint density at radius 1 is 1.48 bits per heavy atom. The van der Waals surface area contributed by atoms with Crippen LogP contribution in [-0.4, -0.2) is 56.4 Å². The standard InChI is InChI=1S/C12H17N3O6/c1-12(2)20-7-5(3-16)19-11(8(7)21-12)15-4-14-6(9(13)17)10(15)18/h4-5,7-8,11,16,18H,3H2,1-2H3,(H2,13,17)/t5-,7?,8-,11-/m1/s1. The number of fused-ring (bicyclic) bond motifs is 1. The monoisotopic (exact) mass is 299 g/mol. The lowest BCUT2D eigenvalue weighted by atomic mass is 10.1. The molecule has 1 aromatic rings. The molecule has 1 unspecified atom stereocenters. The van der Waals surface area contributed by atoms with Gasteiger partial charge in [-0.1, -0.05) is 0 Å². The first kappa shape index (κ1) is 14.3. The molecule has 4 atom stereocenters. The maximum atomic E-state index is 11.2. The lowest BCUT2D eigenvalue weighted by Gasteiger charge is -2.24. The van der Waals surface area contributed by atoms with Gasteiger partial charge in [0.15, 0.2) is 17.7 Å². The summed E-state index contributed by atoms with van der Waals surface area (Å²) in [4.78, 5) is 14.9. The normalized spacial score (nSPS) is 34.0. The summed E-state index contributed by atoms with van der Waals surface area (Å²) in [6, 6.07) is 0. The molecule has 2 saturated heterocycles. The first-order valence-corrected chi connectivity index (χ1v) is 6.51. The highest BCUT2D eigenvalue weighted by Gasteiger charge is 2.56. The van der Waals surface area contributed by atoms with Crippen molar-refractivity contribution >= 4 is 5.91 Å². The average Bonchev–Trinajstić information content (AvgIpc) is 3.00. The second kappa shape index (κ2) is 4.67. The number of ether oxygens (including phenoxy) is 3. The number of hydrogen-bond acceptors (Lipinski definition) is 7. The van der Waals surface area contributed by atoms with Crippen LogP contribution >= 0.6 is 0 Å². The molecule has 0 bridgehead atoms. The van der Waals surface area contributed by atoms with Crippen molar-refractivity contribution in [2.45, 2.75) is 44.2 Å². The van der Waals surface area contributed by atoms with Gasteiger partial charge in [0.25, 0.3) is 5.91 Å². The maximum Gasteiger partial charge on any atom is 0.272 e. The highest BCUT2D eigenvalue weighted by Crippen LogP contribution is 2.44.